The smallest absolute Gasteiger partial charge is 0.245 e. The minimum atomic E-state index is -0.138. The van der Waals surface area contributed by atoms with Crippen molar-refractivity contribution in [3.8, 4) is 11.4 Å². The van der Waals surface area contributed by atoms with Crippen molar-refractivity contribution in [1.82, 2.24) is 30.6 Å². The Labute approximate surface area is 102 Å². The van der Waals surface area contributed by atoms with Crippen molar-refractivity contribution in [2.24, 2.45) is 7.05 Å². The van der Waals surface area contributed by atoms with E-state index in [-0.39, 0.29) is 18.5 Å². The zero-order valence-corrected chi connectivity index (χ0v) is 9.75. The van der Waals surface area contributed by atoms with Crippen LogP contribution in [0, 0.1) is 0 Å². The lowest BCUT2D eigenvalue weighted by Crippen LogP contribution is -2.47. The third kappa shape index (κ3) is 1.97. The highest BCUT2D eigenvalue weighted by Crippen LogP contribution is 2.18. The van der Waals surface area contributed by atoms with E-state index >= 15 is 0 Å². The molecule has 8 nitrogen and oxygen atoms in total. The standard InChI is InChI=1S/C10H12N6O2/c1-16-5-6(2-13-16)9-14-10(18-15-9)7-3-12-8(17)4-11-7/h2,5,7,11H,3-4H2,1H3,(H,12,17). The summed E-state index contributed by atoms with van der Waals surface area (Å²) < 4.78 is 6.86. The highest BCUT2D eigenvalue weighted by atomic mass is 16.5. The fourth-order valence-corrected chi connectivity index (χ4v) is 1.77. The number of rotatable bonds is 2. The van der Waals surface area contributed by atoms with Gasteiger partial charge in [-0.3, -0.25) is 14.8 Å². The van der Waals surface area contributed by atoms with E-state index in [2.05, 4.69) is 25.9 Å². The Kier molecular flexibility index (Phi) is 2.56. The first-order valence-electron chi connectivity index (χ1n) is 5.55. The first-order valence-corrected chi connectivity index (χ1v) is 5.55. The number of hydrogen-bond donors (Lipinski definition) is 2. The van der Waals surface area contributed by atoms with Crippen LogP contribution < -0.4 is 10.6 Å². The maximum absolute atomic E-state index is 11.0. The zero-order chi connectivity index (χ0) is 12.5. The van der Waals surface area contributed by atoms with Crippen molar-refractivity contribution < 1.29 is 9.32 Å². The lowest BCUT2D eigenvalue weighted by atomic mass is 10.2. The van der Waals surface area contributed by atoms with Crippen LogP contribution in [0.25, 0.3) is 11.4 Å². The maximum Gasteiger partial charge on any atom is 0.245 e. The fraction of sp³-hybridized carbons (Fsp3) is 0.400. The molecule has 0 aliphatic carbocycles. The molecule has 1 aliphatic heterocycles. The summed E-state index contributed by atoms with van der Waals surface area (Å²) in [5.74, 6) is 0.934. The van der Waals surface area contributed by atoms with Crippen molar-refractivity contribution >= 4 is 5.91 Å². The SMILES string of the molecule is Cn1cc(-c2noc(C3CNC(=O)CN3)n2)cn1. The second-order valence-corrected chi connectivity index (χ2v) is 4.10. The number of carbonyl (C=O) groups is 1. The van der Waals surface area contributed by atoms with E-state index in [1.165, 1.54) is 0 Å². The van der Waals surface area contributed by atoms with Gasteiger partial charge in [-0.2, -0.15) is 10.1 Å². The lowest BCUT2D eigenvalue weighted by Gasteiger charge is -2.20. The topological polar surface area (TPSA) is 97.9 Å². The van der Waals surface area contributed by atoms with E-state index in [1.54, 1.807) is 10.9 Å². The maximum atomic E-state index is 11.0. The minimum Gasteiger partial charge on any atom is -0.353 e. The van der Waals surface area contributed by atoms with E-state index in [4.69, 9.17) is 4.52 Å². The van der Waals surface area contributed by atoms with Crippen molar-refractivity contribution in [1.29, 1.82) is 0 Å². The Hall–Kier alpha value is -2.22. The number of carbonyl (C=O) groups excluding carboxylic acids is 1. The number of hydrogen-bond acceptors (Lipinski definition) is 6. The average molecular weight is 248 g/mol. The van der Waals surface area contributed by atoms with Crippen LogP contribution in [0.4, 0.5) is 0 Å². The van der Waals surface area contributed by atoms with Crippen molar-refractivity contribution in [2.45, 2.75) is 6.04 Å². The molecular formula is C10H12N6O2. The Morgan fingerprint density at radius 1 is 1.56 bits per heavy atom. The highest BCUT2D eigenvalue weighted by Gasteiger charge is 2.24. The van der Waals surface area contributed by atoms with Crippen molar-refractivity contribution in [2.75, 3.05) is 13.1 Å². The molecule has 1 aliphatic rings. The molecule has 0 bridgehead atoms. The monoisotopic (exact) mass is 248 g/mol. The van der Waals surface area contributed by atoms with Gasteiger partial charge in [-0.1, -0.05) is 5.16 Å². The Morgan fingerprint density at radius 3 is 3.11 bits per heavy atom. The number of aryl methyl sites for hydroxylation is 1. The number of nitrogens with zero attached hydrogens (tertiary/aromatic N) is 4. The fourth-order valence-electron chi connectivity index (χ4n) is 1.77. The number of amides is 1. The van der Waals surface area contributed by atoms with Crippen molar-refractivity contribution in [3.63, 3.8) is 0 Å². The third-order valence-electron chi connectivity index (χ3n) is 2.72. The van der Waals surface area contributed by atoms with E-state index < -0.39 is 0 Å². The van der Waals surface area contributed by atoms with Crippen LogP contribution in [0.3, 0.4) is 0 Å². The molecule has 1 amide bonds. The van der Waals surface area contributed by atoms with Gasteiger partial charge in [0.15, 0.2) is 0 Å². The summed E-state index contributed by atoms with van der Waals surface area (Å²) in [6.07, 6.45) is 3.48. The zero-order valence-electron chi connectivity index (χ0n) is 9.75. The predicted octanol–water partition coefficient (Wildman–Crippen LogP) is -0.769. The van der Waals surface area contributed by atoms with Crippen LogP contribution in [-0.4, -0.2) is 38.9 Å². The van der Waals surface area contributed by atoms with Gasteiger partial charge in [-0.15, -0.1) is 0 Å². The summed E-state index contributed by atoms with van der Waals surface area (Å²) in [5.41, 5.74) is 0.798. The van der Waals surface area contributed by atoms with Crippen LogP contribution in [0.15, 0.2) is 16.9 Å². The van der Waals surface area contributed by atoms with Gasteiger partial charge in [0, 0.05) is 19.8 Å². The third-order valence-corrected chi connectivity index (χ3v) is 2.72. The Morgan fingerprint density at radius 2 is 2.44 bits per heavy atom. The van der Waals surface area contributed by atoms with Gasteiger partial charge in [0.1, 0.15) is 6.04 Å². The predicted molar refractivity (Wildman–Crippen MR) is 60.3 cm³/mol. The molecule has 2 aromatic rings. The van der Waals surface area contributed by atoms with Crippen LogP contribution in [0.2, 0.25) is 0 Å². The van der Waals surface area contributed by atoms with Gasteiger partial charge in [0.2, 0.25) is 17.6 Å². The minimum absolute atomic E-state index is 0.0294. The molecule has 1 atom stereocenters. The molecule has 3 heterocycles. The van der Waals surface area contributed by atoms with Crippen LogP contribution in [0.5, 0.6) is 0 Å². The van der Waals surface area contributed by atoms with Crippen LogP contribution in [0.1, 0.15) is 11.9 Å². The summed E-state index contributed by atoms with van der Waals surface area (Å²) in [6, 6.07) is -0.138. The van der Waals surface area contributed by atoms with E-state index in [0.717, 1.165) is 5.56 Å². The van der Waals surface area contributed by atoms with E-state index in [9.17, 15) is 4.79 Å². The molecule has 2 N–H and O–H groups in total. The molecular weight excluding hydrogens is 236 g/mol. The van der Waals surface area contributed by atoms with Gasteiger partial charge in [0.25, 0.3) is 0 Å². The summed E-state index contributed by atoms with van der Waals surface area (Å²) in [6.45, 7) is 0.711. The molecule has 1 unspecified atom stereocenters. The molecule has 18 heavy (non-hydrogen) atoms. The number of piperazine rings is 1. The summed E-state index contributed by atoms with van der Waals surface area (Å²) in [5, 5.41) is 13.7. The second kappa shape index (κ2) is 4.22. The molecule has 8 heteroatoms. The van der Waals surface area contributed by atoms with Crippen molar-refractivity contribution in [3.05, 3.63) is 18.3 Å². The molecule has 1 fully saturated rings. The normalized spacial score (nSPS) is 19.8. The quantitative estimate of drug-likeness (QED) is 0.724. The molecule has 0 aromatic carbocycles. The van der Waals surface area contributed by atoms with Gasteiger partial charge in [0.05, 0.1) is 18.3 Å². The number of nitrogens with one attached hydrogen (secondary N) is 2. The first-order chi connectivity index (χ1) is 8.72. The summed E-state index contributed by atoms with van der Waals surface area (Å²) >= 11 is 0. The van der Waals surface area contributed by atoms with Gasteiger partial charge >= 0.3 is 0 Å². The molecule has 1 saturated heterocycles. The van der Waals surface area contributed by atoms with Gasteiger partial charge < -0.3 is 9.84 Å². The van der Waals surface area contributed by atoms with E-state index in [0.29, 0.717) is 18.3 Å². The first kappa shape index (κ1) is 10.9. The van der Waals surface area contributed by atoms with Crippen LogP contribution in [-0.2, 0) is 11.8 Å². The molecule has 0 radical (unpaired) electrons. The molecule has 0 saturated carbocycles. The molecule has 2 aromatic heterocycles. The highest BCUT2D eigenvalue weighted by molar-refractivity contribution is 5.78. The lowest BCUT2D eigenvalue weighted by molar-refractivity contribution is -0.121. The molecule has 94 valence electrons. The van der Waals surface area contributed by atoms with Gasteiger partial charge in [-0.25, -0.2) is 0 Å². The number of aromatic nitrogens is 4. The Bertz CT molecular complexity index is 564. The molecule has 3 rings (SSSR count). The van der Waals surface area contributed by atoms with Crippen LogP contribution >= 0.6 is 0 Å². The van der Waals surface area contributed by atoms with Gasteiger partial charge in [-0.05, 0) is 0 Å². The Balaban J connectivity index is 1.79. The summed E-state index contributed by atoms with van der Waals surface area (Å²) in [7, 11) is 1.82. The van der Waals surface area contributed by atoms with E-state index in [1.807, 2.05) is 13.2 Å². The summed E-state index contributed by atoms with van der Waals surface area (Å²) in [4.78, 5) is 15.3. The average Bonchev–Trinajstić information content (AvgIpc) is 2.98. The largest absolute Gasteiger partial charge is 0.353 e. The second-order valence-electron chi connectivity index (χ2n) is 4.10. The molecule has 0 spiro atoms.